The van der Waals surface area contributed by atoms with E-state index >= 15 is 0 Å². The molecule has 0 spiro atoms. The second-order valence-electron chi connectivity index (χ2n) is 2.37. The van der Waals surface area contributed by atoms with Gasteiger partial charge in [-0.05, 0) is 11.6 Å². The molecule has 1 rings (SSSR count). The minimum absolute atomic E-state index is 0.143. The summed E-state index contributed by atoms with van der Waals surface area (Å²) in [5.74, 6) is 0. The van der Waals surface area contributed by atoms with Crippen molar-refractivity contribution in [3.8, 4) is 0 Å². The number of pyridine rings is 1. The highest BCUT2D eigenvalue weighted by Gasteiger charge is 2.03. The molecule has 0 amide bonds. The van der Waals surface area contributed by atoms with Crippen molar-refractivity contribution in [3.05, 3.63) is 45.9 Å². The number of rotatable bonds is 2. The summed E-state index contributed by atoms with van der Waals surface area (Å²) in [5, 5.41) is 0.143. The summed E-state index contributed by atoms with van der Waals surface area (Å²) >= 11 is 5.58. The van der Waals surface area contributed by atoms with Gasteiger partial charge in [0.2, 0.25) is 0 Å². The fourth-order valence-corrected chi connectivity index (χ4v) is 0.980. The van der Waals surface area contributed by atoms with Crippen LogP contribution in [0.1, 0.15) is 11.6 Å². The van der Waals surface area contributed by atoms with Gasteiger partial charge >= 0.3 is 0 Å². The van der Waals surface area contributed by atoms with Crippen molar-refractivity contribution in [1.82, 2.24) is 4.98 Å². The first-order valence-corrected chi connectivity index (χ1v) is 3.79. The van der Waals surface area contributed by atoms with E-state index in [4.69, 9.17) is 17.3 Å². The summed E-state index contributed by atoms with van der Waals surface area (Å²) < 4.78 is 0. The third kappa shape index (κ3) is 1.75. The number of halogens is 1. The fraction of sp³-hybridized carbons (Fsp3) is 0.125. The molecule has 1 aromatic heterocycles. The van der Waals surface area contributed by atoms with Crippen LogP contribution in [-0.2, 0) is 0 Å². The van der Waals surface area contributed by atoms with Crippen LogP contribution in [0.25, 0.3) is 0 Å². The molecular formula is C8H9ClN2O. The van der Waals surface area contributed by atoms with Crippen LogP contribution in [0.4, 0.5) is 0 Å². The first-order chi connectivity index (χ1) is 5.65. The summed E-state index contributed by atoms with van der Waals surface area (Å²) in [4.78, 5) is 13.3. The number of nitrogens with one attached hydrogen (secondary N) is 1. The van der Waals surface area contributed by atoms with Crippen LogP contribution in [0.5, 0.6) is 0 Å². The molecule has 0 fully saturated rings. The molecule has 3 N–H and O–H groups in total. The molecule has 1 atom stereocenters. The lowest BCUT2D eigenvalue weighted by molar-refractivity contribution is 0.900. The Morgan fingerprint density at radius 2 is 2.42 bits per heavy atom. The van der Waals surface area contributed by atoms with Crippen molar-refractivity contribution in [2.24, 2.45) is 5.73 Å². The second-order valence-corrected chi connectivity index (χ2v) is 2.78. The number of H-pyrrole nitrogens is 1. The van der Waals surface area contributed by atoms with Crippen molar-refractivity contribution in [2.45, 2.75) is 6.04 Å². The predicted octanol–water partition coefficient (Wildman–Crippen LogP) is 1.21. The lowest BCUT2D eigenvalue weighted by Gasteiger charge is -2.04. The van der Waals surface area contributed by atoms with E-state index < -0.39 is 0 Å². The van der Waals surface area contributed by atoms with Crippen molar-refractivity contribution in [2.75, 3.05) is 0 Å². The number of nitrogens with two attached hydrogens (primary N) is 1. The van der Waals surface area contributed by atoms with E-state index in [-0.39, 0.29) is 16.6 Å². The van der Waals surface area contributed by atoms with Crippen molar-refractivity contribution >= 4 is 11.6 Å². The highest BCUT2D eigenvalue weighted by atomic mass is 35.5. The van der Waals surface area contributed by atoms with Crippen LogP contribution < -0.4 is 11.3 Å². The highest BCUT2D eigenvalue weighted by Crippen LogP contribution is 2.11. The van der Waals surface area contributed by atoms with Crippen molar-refractivity contribution in [1.29, 1.82) is 0 Å². The van der Waals surface area contributed by atoms with Gasteiger partial charge in [0.25, 0.3) is 5.56 Å². The average molecular weight is 185 g/mol. The van der Waals surface area contributed by atoms with E-state index in [1.165, 1.54) is 12.3 Å². The molecule has 0 aromatic carbocycles. The van der Waals surface area contributed by atoms with E-state index in [0.29, 0.717) is 0 Å². The zero-order valence-electron chi connectivity index (χ0n) is 6.38. The largest absolute Gasteiger partial charge is 0.327 e. The van der Waals surface area contributed by atoms with Gasteiger partial charge in [-0.1, -0.05) is 17.7 Å². The molecule has 4 heteroatoms. The second kappa shape index (κ2) is 3.56. The van der Waals surface area contributed by atoms with Crippen LogP contribution in [0.15, 0.2) is 29.7 Å². The van der Waals surface area contributed by atoms with Gasteiger partial charge in [0.05, 0.1) is 0 Å². The lowest BCUT2D eigenvalue weighted by Crippen LogP contribution is -2.12. The normalized spacial score (nSPS) is 12.5. The lowest BCUT2D eigenvalue weighted by atomic mass is 10.1. The van der Waals surface area contributed by atoms with Gasteiger partial charge in [-0.25, -0.2) is 0 Å². The standard InChI is InChI=1S/C8H9ClN2O/c1-2-7(10)5-3-6(9)8(12)11-4-5/h2-4,7H,1,10H2,(H,11,12). The smallest absolute Gasteiger partial charge is 0.266 e. The minimum atomic E-state index is -0.309. The van der Waals surface area contributed by atoms with Crippen LogP contribution in [0, 0.1) is 0 Å². The first kappa shape index (κ1) is 9.03. The van der Waals surface area contributed by atoms with E-state index in [2.05, 4.69) is 11.6 Å². The predicted molar refractivity (Wildman–Crippen MR) is 49.2 cm³/mol. The molecule has 0 radical (unpaired) electrons. The Kier molecular flexibility index (Phi) is 2.68. The van der Waals surface area contributed by atoms with Gasteiger partial charge < -0.3 is 10.7 Å². The fourth-order valence-electron chi connectivity index (χ4n) is 0.800. The van der Waals surface area contributed by atoms with Crippen LogP contribution >= 0.6 is 11.6 Å². The molecule has 1 aromatic rings. The molecular weight excluding hydrogens is 176 g/mol. The number of hydrogen-bond acceptors (Lipinski definition) is 2. The van der Waals surface area contributed by atoms with Crippen molar-refractivity contribution < 1.29 is 0 Å². The molecule has 0 saturated heterocycles. The zero-order valence-corrected chi connectivity index (χ0v) is 7.14. The van der Waals surface area contributed by atoms with Crippen LogP contribution in [0.3, 0.4) is 0 Å². The SMILES string of the molecule is C=CC(N)c1c[nH]c(=O)c(Cl)c1. The Labute approximate surface area is 74.9 Å². The molecule has 0 aliphatic heterocycles. The number of aromatic nitrogens is 1. The van der Waals surface area contributed by atoms with Gasteiger partial charge in [0.1, 0.15) is 5.02 Å². The molecule has 64 valence electrons. The Hall–Kier alpha value is -1.06. The van der Waals surface area contributed by atoms with Crippen LogP contribution in [0.2, 0.25) is 5.02 Å². The third-order valence-electron chi connectivity index (χ3n) is 1.52. The number of aromatic amines is 1. The molecule has 0 bridgehead atoms. The molecule has 12 heavy (non-hydrogen) atoms. The van der Waals surface area contributed by atoms with Gasteiger partial charge in [-0.15, -0.1) is 6.58 Å². The van der Waals surface area contributed by atoms with Gasteiger partial charge in [0, 0.05) is 12.2 Å². The topological polar surface area (TPSA) is 58.9 Å². The molecule has 0 aliphatic rings. The zero-order chi connectivity index (χ0) is 9.14. The number of hydrogen-bond donors (Lipinski definition) is 2. The Bertz CT molecular complexity index is 345. The summed E-state index contributed by atoms with van der Waals surface area (Å²) in [6.45, 7) is 3.53. The van der Waals surface area contributed by atoms with Gasteiger partial charge in [0.15, 0.2) is 0 Å². The maximum absolute atomic E-state index is 10.8. The average Bonchev–Trinajstić information content (AvgIpc) is 2.08. The Balaban J connectivity index is 3.12. The van der Waals surface area contributed by atoms with Crippen molar-refractivity contribution in [3.63, 3.8) is 0 Å². The minimum Gasteiger partial charge on any atom is -0.327 e. The van der Waals surface area contributed by atoms with E-state index in [0.717, 1.165) is 5.56 Å². The molecule has 0 aliphatic carbocycles. The van der Waals surface area contributed by atoms with Crippen LogP contribution in [-0.4, -0.2) is 4.98 Å². The van der Waals surface area contributed by atoms with E-state index in [9.17, 15) is 4.79 Å². The molecule has 3 nitrogen and oxygen atoms in total. The molecule has 0 saturated carbocycles. The first-order valence-electron chi connectivity index (χ1n) is 3.41. The summed E-state index contributed by atoms with van der Waals surface area (Å²) in [7, 11) is 0. The van der Waals surface area contributed by atoms with E-state index in [1.807, 2.05) is 0 Å². The molecule has 1 heterocycles. The monoisotopic (exact) mass is 184 g/mol. The quantitative estimate of drug-likeness (QED) is 0.679. The Morgan fingerprint density at radius 1 is 1.75 bits per heavy atom. The van der Waals surface area contributed by atoms with E-state index in [1.54, 1.807) is 6.08 Å². The summed E-state index contributed by atoms with van der Waals surface area (Å²) in [5.41, 5.74) is 6.05. The maximum Gasteiger partial charge on any atom is 0.266 e. The van der Waals surface area contributed by atoms with Gasteiger partial charge in [-0.2, -0.15) is 0 Å². The summed E-state index contributed by atoms with van der Waals surface area (Å²) in [6.07, 6.45) is 3.10. The molecule has 1 unspecified atom stereocenters. The highest BCUT2D eigenvalue weighted by molar-refractivity contribution is 6.30. The van der Waals surface area contributed by atoms with Gasteiger partial charge in [-0.3, -0.25) is 4.79 Å². The Morgan fingerprint density at radius 3 is 2.92 bits per heavy atom. The maximum atomic E-state index is 10.8. The summed E-state index contributed by atoms with van der Waals surface area (Å²) in [6, 6.07) is 1.24. The third-order valence-corrected chi connectivity index (χ3v) is 1.80.